The third kappa shape index (κ3) is 1.77. The number of rotatable bonds is 2. The average molecular weight is 230 g/mol. The Labute approximate surface area is 99.4 Å². The van der Waals surface area contributed by atoms with Crippen LogP contribution >= 0.6 is 11.3 Å². The van der Waals surface area contributed by atoms with Crippen molar-refractivity contribution in [2.75, 3.05) is 6.54 Å². The van der Waals surface area contributed by atoms with Crippen molar-refractivity contribution in [2.45, 2.75) is 18.4 Å². The number of thiophene rings is 1. The quantitative estimate of drug-likeness (QED) is 0.858. The van der Waals surface area contributed by atoms with Crippen LogP contribution in [0.3, 0.4) is 0 Å². The van der Waals surface area contributed by atoms with E-state index in [4.69, 9.17) is 0 Å². The molecule has 82 valence electrons. The molecular formula is C13H14N2S. The van der Waals surface area contributed by atoms with Crippen LogP contribution < -0.4 is 5.32 Å². The molecule has 0 aliphatic carbocycles. The molecule has 0 saturated carbocycles. The number of aromatic nitrogens is 1. The molecule has 0 amide bonds. The molecule has 0 aromatic carbocycles. The van der Waals surface area contributed by atoms with Gasteiger partial charge in [-0.1, -0.05) is 12.1 Å². The van der Waals surface area contributed by atoms with E-state index >= 15 is 0 Å². The highest BCUT2D eigenvalue weighted by atomic mass is 32.1. The van der Waals surface area contributed by atoms with Gasteiger partial charge in [-0.15, -0.1) is 11.3 Å². The summed E-state index contributed by atoms with van der Waals surface area (Å²) in [7, 11) is 0. The van der Waals surface area contributed by atoms with Crippen molar-refractivity contribution >= 4 is 11.3 Å². The molecule has 1 aliphatic heterocycles. The van der Waals surface area contributed by atoms with E-state index in [1.807, 2.05) is 29.8 Å². The summed E-state index contributed by atoms with van der Waals surface area (Å²) in [5, 5.41) is 5.74. The first kappa shape index (κ1) is 10.00. The summed E-state index contributed by atoms with van der Waals surface area (Å²) >= 11 is 1.86. The second-order valence-corrected chi connectivity index (χ2v) is 5.11. The van der Waals surface area contributed by atoms with Gasteiger partial charge in [0, 0.05) is 29.2 Å². The average Bonchev–Trinajstić information content (AvgIpc) is 3.01. The number of hydrogen-bond donors (Lipinski definition) is 1. The Morgan fingerprint density at radius 2 is 2.31 bits per heavy atom. The maximum absolute atomic E-state index is 4.21. The molecule has 3 rings (SSSR count). The highest BCUT2D eigenvalue weighted by molar-refractivity contribution is 7.10. The predicted molar refractivity (Wildman–Crippen MR) is 66.7 cm³/mol. The Hall–Kier alpha value is -1.19. The van der Waals surface area contributed by atoms with Gasteiger partial charge in [-0.25, -0.2) is 0 Å². The third-order valence-electron chi connectivity index (χ3n) is 3.17. The first-order valence-corrected chi connectivity index (χ1v) is 6.50. The molecule has 0 spiro atoms. The van der Waals surface area contributed by atoms with E-state index in [-0.39, 0.29) is 0 Å². The molecule has 2 aromatic heterocycles. The minimum absolute atomic E-state index is 0.437. The van der Waals surface area contributed by atoms with E-state index in [1.165, 1.54) is 16.9 Å². The summed E-state index contributed by atoms with van der Waals surface area (Å²) in [4.78, 5) is 5.69. The van der Waals surface area contributed by atoms with Crippen LogP contribution in [0.2, 0.25) is 0 Å². The van der Waals surface area contributed by atoms with Crippen LogP contribution in [0.4, 0.5) is 0 Å². The summed E-state index contributed by atoms with van der Waals surface area (Å²) in [6, 6.07) is 8.99. The Balaban J connectivity index is 1.90. The molecule has 3 heterocycles. The molecule has 0 unspecified atom stereocenters. The van der Waals surface area contributed by atoms with Crippen molar-refractivity contribution in [2.24, 2.45) is 0 Å². The zero-order chi connectivity index (χ0) is 10.8. The Bertz CT molecular complexity index is 438. The van der Waals surface area contributed by atoms with Gasteiger partial charge in [-0.05, 0) is 36.0 Å². The maximum atomic E-state index is 4.21. The first-order valence-electron chi connectivity index (χ1n) is 5.62. The molecule has 16 heavy (non-hydrogen) atoms. The second-order valence-electron chi connectivity index (χ2n) is 4.13. The lowest BCUT2D eigenvalue weighted by Gasteiger charge is -2.18. The van der Waals surface area contributed by atoms with Crippen LogP contribution in [0.5, 0.6) is 0 Å². The van der Waals surface area contributed by atoms with Crippen molar-refractivity contribution in [1.29, 1.82) is 0 Å². The smallest absolute Gasteiger partial charge is 0.0413 e. The standard InChI is InChI=1S/C13H14N2S/c1-3-10(9-14-6-1)13-11(5-7-15-13)12-4-2-8-16-12/h1-4,6,8-9,11,13,15H,5,7H2/t11-,13-/m1/s1. The fourth-order valence-corrected chi connectivity index (χ4v) is 3.32. The minimum Gasteiger partial charge on any atom is -0.309 e. The van der Waals surface area contributed by atoms with Crippen LogP contribution in [-0.2, 0) is 0 Å². The van der Waals surface area contributed by atoms with Crippen LogP contribution in [0.1, 0.15) is 28.8 Å². The van der Waals surface area contributed by atoms with E-state index in [0.29, 0.717) is 12.0 Å². The molecular weight excluding hydrogens is 216 g/mol. The molecule has 0 radical (unpaired) electrons. The first-order chi connectivity index (χ1) is 7.95. The lowest BCUT2D eigenvalue weighted by atomic mass is 9.94. The van der Waals surface area contributed by atoms with Crippen molar-refractivity contribution in [3.8, 4) is 0 Å². The second kappa shape index (κ2) is 4.36. The summed E-state index contributed by atoms with van der Waals surface area (Å²) in [5.41, 5.74) is 1.30. The highest BCUT2D eigenvalue weighted by Crippen LogP contribution is 2.39. The number of nitrogens with zero attached hydrogens (tertiary/aromatic N) is 1. The fraction of sp³-hybridized carbons (Fsp3) is 0.308. The fourth-order valence-electron chi connectivity index (χ4n) is 2.42. The van der Waals surface area contributed by atoms with Gasteiger partial charge in [0.1, 0.15) is 0 Å². The molecule has 1 saturated heterocycles. The van der Waals surface area contributed by atoms with E-state index < -0.39 is 0 Å². The molecule has 2 nitrogen and oxygen atoms in total. The lowest BCUT2D eigenvalue weighted by molar-refractivity contribution is 0.583. The summed E-state index contributed by atoms with van der Waals surface area (Å²) in [6.45, 7) is 1.10. The van der Waals surface area contributed by atoms with Crippen LogP contribution in [-0.4, -0.2) is 11.5 Å². The normalized spacial score (nSPS) is 24.8. The van der Waals surface area contributed by atoms with E-state index in [0.717, 1.165) is 6.54 Å². The van der Waals surface area contributed by atoms with Crippen LogP contribution in [0.25, 0.3) is 0 Å². The Morgan fingerprint density at radius 3 is 3.06 bits per heavy atom. The molecule has 3 heteroatoms. The predicted octanol–water partition coefficient (Wildman–Crippen LogP) is 2.96. The van der Waals surface area contributed by atoms with Gasteiger partial charge < -0.3 is 5.32 Å². The molecule has 2 atom stereocenters. The molecule has 1 aliphatic rings. The van der Waals surface area contributed by atoms with Gasteiger partial charge in [0.05, 0.1) is 0 Å². The number of nitrogens with one attached hydrogen (secondary N) is 1. The van der Waals surface area contributed by atoms with Gasteiger partial charge in [0.2, 0.25) is 0 Å². The van der Waals surface area contributed by atoms with Gasteiger partial charge in [-0.3, -0.25) is 4.98 Å². The van der Waals surface area contributed by atoms with Gasteiger partial charge in [-0.2, -0.15) is 0 Å². The van der Waals surface area contributed by atoms with Gasteiger partial charge in [0.15, 0.2) is 0 Å². The third-order valence-corrected chi connectivity index (χ3v) is 4.18. The molecule has 2 aromatic rings. The largest absolute Gasteiger partial charge is 0.309 e. The van der Waals surface area contributed by atoms with E-state index in [9.17, 15) is 0 Å². The Kier molecular flexibility index (Phi) is 2.72. The SMILES string of the molecule is c1cncc([C@H]2NCC[C@@H]2c2cccs2)c1. The van der Waals surface area contributed by atoms with Gasteiger partial charge >= 0.3 is 0 Å². The van der Waals surface area contributed by atoms with Crippen molar-refractivity contribution in [1.82, 2.24) is 10.3 Å². The zero-order valence-corrected chi connectivity index (χ0v) is 9.78. The topological polar surface area (TPSA) is 24.9 Å². The number of hydrogen-bond acceptors (Lipinski definition) is 3. The minimum atomic E-state index is 0.437. The van der Waals surface area contributed by atoms with Crippen molar-refractivity contribution < 1.29 is 0 Å². The maximum Gasteiger partial charge on any atom is 0.0413 e. The van der Waals surface area contributed by atoms with Crippen molar-refractivity contribution in [3.05, 3.63) is 52.5 Å². The van der Waals surface area contributed by atoms with E-state index in [1.54, 1.807) is 0 Å². The summed E-state index contributed by atoms with van der Waals surface area (Å²) < 4.78 is 0. The Morgan fingerprint density at radius 1 is 1.31 bits per heavy atom. The monoisotopic (exact) mass is 230 g/mol. The molecule has 1 N–H and O–H groups in total. The zero-order valence-electron chi connectivity index (χ0n) is 8.97. The highest BCUT2D eigenvalue weighted by Gasteiger charge is 2.29. The van der Waals surface area contributed by atoms with E-state index in [2.05, 4.69) is 33.9 Å². The summed E-state index contributed by atoms with van der Waals surface area (Å²) in [5.74, 6) is 0.615. The van der Waals surface area contributed by atoms with Crippen molar-refractivity contribution in [3.63, 3.8) is 0 Å². The summed E-state index contributed by atoms with van der Waals surface area (Å²) in [6.07, 6.45) is 5.03. The van der Waals surface area contributed by atoms with Crippen LogP contribution in [0.15, 0.2) is 42.0 Å². The lowest BCUT2D eigenvalue weighted by Crippen LogP contribution is -2.16. The molecule has 1 fully saturated rings. The number of pyridine rings is 1. The van der Waals surface area contributed by atoms with Crippen LogP contribution in [0, 0.1) is 0 Å². The van der Waals surface area contributed by atoms with Gasteiger partial charge in [0.25, 0.3) is 0 Å². The molecule has 0 bridgehead atoms.